The Hall–Kier alpha value is -1.56. The second kappa shape index (κ2) is 4.47. The molecule has 0 atom stereocenters. The predicted octanol–water partition coefficient (Wildman–Crippen LogP) is 1.91. The number of nitriles is 1. The lowest BCUT2D eigenvalue weighted by Crippen LogP contribution is -2.00. The normalized spacial score (nSPS) is 8.92. The van der Waals surface area contributed by atoms with Crippen molar-refractivity contribution in [3.8, 4) is 6.07 Å². The van der Waals surface area contributed by atoms with Crippen LogP contribution in [0.4, 0.5) is 0 Å². The molecule has 13 heavy (non-hydrogen) atoms. The maximum Gasteiger partial charge on any atom is 0.155 e. The third-order valence-corrected chi connectivity index (χ3v) is 1.73. The second-order valence-corrected chi connectivity index (χ2v) is 2.72. The van der Waals surface area contributed by atoms with Crippen molar-refractivity contribution < 1.29 is 4.79 Å². The topological polar surface area (TPSA) is 40.9 Å². The zero-order valence-corrected chi connectivity index (χ0v) is 7.45. The van der Waals surface area contributed by atoms with Crippen molar-refractivity contribution in [2.75, 3.05) is 0 Å². The first-order chi connectivity index (χ1) is 6.27. The van der Waals surface area contributed by atoms with Crippen LogP contribution in [0.3, 0.4) is 0 Å². The van der Waals surface area contributed by atoms with E-state index in [1.54, 1.807) is 24.3 Å². The molecule has 0 saturated carbocycles. The first-order valence-electron chi connectivity index (χ1n) is 4.09. The Kier molecular flexibility index (Phi) is 3.27. The van der Waals surface area contributed by atoms with E-state index in [9.17, 15) is 4.79 Å². The summed E-state index contributed by atoms with van der Waals surface area (Å²) in [6.07, 6.45) is 0.450. The lowest BCUT2D eigenvalue weighted by molar-refractivity contribution is 0.101. The number of carbonyl (C=O) groups excluding carboxylic acids is 1. The fraction of sp³-hybridized carbons (Fsp3) is 0.200. The number of Topliss-reactive ketones (excluding diaryl/α,β-unsaturated/α-hetero) is 1. The van der Waals surface area contributed by atoms with Crippen LogP contribution in [0.1, 0.15) is 15.9 Å². The van der Waals surface area contributed by atoms with E-state index in [1.807, 2.05) is 20.2 Å². The van der Waals surface area contributed by atoms with Crippen molar-refractivity contribution >= 4 is 13.1 Å². The van der Waals surface area contributed by atoms with Gasteiger partial charge in [0, 0.05) is 5.56 Å². The van der Waals surface area contributed by atoms with E-state index in [4.69, 9.17) is 5.26 Å². The average molecular weight is 170 g/mol. The van der Waals surface area contributed by atoms with Gasteiger partial charge in [-0.2, -0.15) is 5.26 Å². The number of hydrogen-bond donors (Lipinski definition) is 0. The van der Waals surface area contributed by atoms with Gasteiger partial charge in [0.2, 0.25) is 0 Å². The average Bonchev–Trinajstić information content (AvgIpc) is 2.18. The molecule has 1 aromatic rings. The Labute approximate surface area is 78.4 Å². The maximum absolute atomic E-state index is 11.3. The smallest absolute Gasteiger partial charge is 0.155 e. The van der Waals surface area contributed by atoms with Crippen LogP contribution in [0.5, 0.6) is 0 Å². The maximum atomic E-state index is 11.3. The molecule has 63 valence electrons. The summed E-state index contributed by atoms with van der Waals surface area (Å²) in [7, 11) is 1.82. The molecule has 2 nitrogen and oxygen atoms in total. The van der Waals surface area contributed by atoms with Gasteiger partial charge in [0.15, 0.2) is 5.78 Å². The molecule has 0 heterocycles. The fourth-order valence-corrected chi connectivity index (χ4v) is 1.03. The van der Waals surface area contributed by atoms with Gasteiger partial charge in [-0.25, -0.2) is 0 Å². The van der Waals surface area contributed by atoms with Gasteiger partial charge in [0.1, 0.15) is 7.28 Å². The Bertz CT molecular complexity index is 337. The third-order valence-electron chi connectivity index (χ3n) is 1.73. The Balaban J connectivity index is 2.81. The summed E-state index contributed by atoms with van der Waals surface area (Å²) in [5.41, 5.74) is 1.24. The summed E-state index contributed by atoms with van der Waals surface area (Å²) < 4.78 is 0. The van der Waals surface area contributed by atoms with Crippen molar-refractivity contribution in [1.82, 2.24) is 0 Å². The zero-order valence-electron chi connectivity index (χ0n) is 7.45. The second-order valence-electron chi connectivity index (χ2n) is 2.72. The molecule has 0 amide bonds. The molecule has 0 N–H and O–H groups in total. The first kappa shape index (κ1) is 9.53. The molecule has 1 aromatic carbocycles. The van der Waals surface area contributed by atoms with Gasteiger partial charge in [-0.1, -0.05) is 19.0 Å². The molecular weight excluding hydrogens is 161 g/mol. The van der Waals surface area contributed by atoms with Crippen LogP contribution >= 0.6 is 0 Å². The summed E-state index contributed by atoms with van der Waals surface area (Å²) in [5, 5.41) is 8.53. The van der Waals surface area contributed by atoms with E-state index in [2.05, 4.69) is 0 Å². The number of nitrogens with zero attached hydrogens (tertiary/aromatic N) is 1. The standard InChI is InChI=1S/C10H9BNO/c1-11-6-10(13)9-4-2-8(7-12)3-5-9/h2-5H,6H2,1H3. The lowest BCUT2D eigenvalue weighted by atomic mass is 9.75. The summed E-state index contributed by atoms with van der Waals surface area (Å²) >= 11 is 0. The molecular formula is C10H9BNO. The van der Waals surface area contributed by atoms with Crippen LogP contribution in [-0.2, 0) is 0 Å². The van der Waals surface area contributed by atoms with Gasteiger partial charge in [0.05, 0.1) is 11.6 Å². The van der Waals surface area contributed by atoms with Gasteiger partial charge in [-0.05, 0) is 18.5 Å². The van der Waals surface area contributed by atoms with Gasteiger partial charge >= 0.3 is 0 Å². The molecule has 0 aliphatic heterocycles. The summed E-state index contributed by atoms with van der Waals surface area (Å²) in [6, 6.07) is 8.69. The van der Waals surface area contributed by atoms with Crippen LogP contribution in [0.25, 0.3) is 0 Å². The van der Waals surface area contributed by atoms with Crippen LogP contribution in [-0.4, -0.2) is 13.1 Å². The van der Waals surface area contributed by atoms with Crippen LogP contribution in [0.15, 0.2) is 24.3 Å². The van der Waals surface area contributed by atoms with E-state index in [0.717, 1.165) is 0 Å². The number of carbonyl (C=O) groups is 1. The highest BCUT2D eigenvalue weighted by Gasteiger charge is 2.03. The largest absolute Gasteiger partial charge is 0.295 e. The number of benzene rings is 1. The molecule has 0 aliphatic carbocycles. The van der Waals surface area contributed by atoms with Gasteiger partial charge in [-0.3, -0.25) is 4.79 Å². The van der Waals surface area contributed by atoms with Crippen molar-refractivity contribution in [3.05, 3.63) is 35.4 Å². The summed E-state index contributed by atoms with van der Waals surface area (Å²) in [5.74, 6) is 0.0898. The Morgan fingerprint density at radius 1 is 1.46 bits per heavy atom. The van der Waals surface area contributed by atoms with E-state index >= 15 is 0 Å². The highest BCUT2D eigenvalue weighted by atomic mass is 16.1. The van der Waals surface area contributed by atoms with E-state index in [0.29, 0.717) is 17.4 Å². The molecule has 0 aromatic heterocycles. The van der Waals surface area contributed by atoms with Crippen molar-refractivity contribution in [2.24, 2.45) is 0 Å². The quantitative estimate of drug-likeness (QED) is 0.513. The minimum absolute atomic E-state index is 0.0898. The third kappa shape index (κ3) is 2.45. The Morgan fingerprint density at radius 3 is 2.54 bits per heavy atom. The molecule has 0 unspecified atom stereocenters. The zero-order chi connectivity index (χ0) is 9.68. The molecule has 0 aliphatic rings. The van der Waals surface area contributed by atoms with E-state index in [-0.39, 0.29) is 5.78 Å². The number of hydrogen-bond acceptors (Lipinski definition) is 2. The molecule has 0 bridgehead atoms. The van der Waals surface area contributed by atoms with Crippen molar-refractivity contribution in [2.45, 2.75) is 13.1 Å². The molecule has 1 rings (SSSR count). The summed E-state index contributed by atoms with van der Waals surface area (Å²) in [4.78, 5) is 11.3. The van der Waals surface area contributed by atoms with Gasteiger partial charge in [0.25, 0.3) is 0 Å². The summed E-state index contributed by atoms with van der Waals surface area (Å²) in [6.45, 7) is 1.85. The van der Waals surface area contributed by atoms with E-state index in [1.165, 1.54) is 0 Å². The number of ketones is 1. The van der Waals surface area contributed by atoms with Crippen LogP contribution < -0.4 is 0 Å². The van der Waals surface area contributed by atoms with Crippen LogP contribution in [0.2, 0.25) is 13.1 Å². The minimum atomic E-state index is 0.0898. The molecule has 0 fully saturated rings. The van der Waals surface area contributed by atoms with Crippen LogP contribution in [0, 0.1) is 11.3 Å². The molecule has 3 heteroatoms. The number of rotatable bonds is 3. The molecule has 1 radical (unpaired) electrons. The van der Waals surface area contributed by atoms with Crippen molar-refractivity contribution in [3.63, 3.8) is 0 Å². The van der Waals surface area contributed by atoms with E-state index < -0.39 is 0 Å². The van der Waals surface area contributed by atoms with Crippen molar-refractivity contribution in [1.29, 1.82) is 5.26 Å². The van der Waals surface area contributed by atoms with Gasteiger partial charge < -0.3 is 0 Å². The molecule has 0 spiro atoms. The SMILES string of the molecule is C[B]CC(=O)c1ccc(C#N)cc1. The van der Waals surface area contributed by atoms with Gasteiger partial charge in [-0.15, -0.1) is 0 Å². The fourth-order valence-electron chi connectivity index (χ4n) is 1.03. The first-order valence-corrected chi connectivity index (χ1v) is 4.09. The Morgan fingerprint density at radius 2 is 2.08 bits per heavy atom. The predicted molar refractivity (Wildman–Crippen MR) is 51.9 cm³/mol. The highest BCUT2D eigenvalue weighted by molar-refractivity contribution is 6.41. The monoisotopic (exact) mass is 170 g/mol. The lowest BCUT2D eigenvalue weighted by Gasteiger charge is -1.97. The molecule has 0 saturated heterocycles. The highest BCUT2D eigenvalue weighted by Crippen LogP contribution is 2.06. The minimum Gasteiger partial charge on any atom is -0.295 e.